The normalized spacial score (nSPS) is 25.0. The van der Waals surface area contributed by atoms with Crippen molar-refractivity contribution in [2.45, 2.75) is 51.5 Å². The van der Waals surface area contributed by atoms with Gasteiger partial charge in [0.05, 0.1) is 11.2 Å². The van der Waals surface area contributed by atoms with E-state index in [2.05, 4.69) is 0 Å². The molecule has 0 radical (unpaired) electrons. The first-order chi connectivity index (χ1) is 9.44. The van der Waals surface area contributed by atoms with E-state index in [1.807, 2.05) is 27.7 Å². The molecule has 0 bridgehead atoms. The fourth-order valence-corrected chi connectivity index (χ4v) is 2.29. The predicted molar refractivity (Wildman–Crippen MR) is 71.4 cm³/mol. The molecule has 8 heteroatoms. The maximum Gasteiger partial charge on any atom is 0.492 e. The first-order valence-electron chi connectivity index (χ1n) is 6.85. The number of hydrogen-bond donors (Lipinski definition) is 0. The Hall–Kier alpha value is -1.02. The molecule has 1 amide bonds. The third-order valence-corrected chi connectivity index (χ3v) is 4.26. The summed E-state index contributed by atoms with van der Waals surface area (Å²) in [5, 5.41) is 0. The number of rotatable bonds is 1. The summed E-state index contributed by atoms with van der Waals surface area (Å²) in [6.45, 7) is 7.42. The van der Waals surface area contributed by atoms with Gasteiger partial charge in [-0.2, -0.15) is 13.2 Å². The first-order valence-corrected chi connectivity index (χ1v) is 6.85. The SMILES string of the molecule is CC1(C)OB(C2=CCCN(C(=O)C(F)(F)F)C2)OC1(C)C. The third kappa shape index (κ3) is 3.11. The second-order valence-corrected chi connectivity index (χ2v) is 6.38. The Morgan fingerprint density at radius 3 is 2.24 bits per heavy atom. The highest BCUT2D eigenvalue weighted by atomic mass is 19.4. The van der Waals surface area contributed by atoms with Crippen LogP contribution < -0.4 is 0 Å². The van der Waals surface area contributed by atoms with Crippen molar-refractivity contribution in [1.29, 1.82) is 0 Å². The van der Waals surface area contributed by atoms with Crippen LogP contribution in [0.5, 0.6) is 0 Å². The summed E-state index contributed by atoms with van der Waals surface area (Å²) in [5.74, 6) is -1.82. The summed E-state index contributed by atoms with van der Waals surface area (Å²) in [6.07, 6.45) is -2.69. The Kier molecular flexibility index (Phi) is 3.91. The summed E-state index contributed by atoms with van der Waals surface area (Å²) >= 11 is 0. The minimum atomic E-state index is -4.85. The fraction of sp³-hybridized carbons (Fsp3) is 0.769. The molecule has 2 aliphatic rings. The lowest BCUT2D eigenvalue weighted by Gasteiger charge is -2.32. The van der Waals surface area contributed by atoms with Gasteiger partial charge in [-0.1, -0.05) is 6.08 Å². The molecule has 0 atom stereocenters. The molecule has 0 aliphatic carbocycles. The Morgan fingerprint density at radius 2 is 1.76 bits per heavy atom. The molecule has 0 N–H and O–H groups in total. The van der Waals surface area contributed by atoms with Crippen LogP contribution in [0.15, 0.2) is 11.5 Å². The summed E-state index contributed by atoms with van der Waals surface area (Å²) < 4.78 is 49.1. The molecule has 2 aliphatic heterocycles. The quantitative estimate of drug-likeness (QED) is 0.698. The van der Waals surface area contributed by atoms with E-state index in [0.717, 1.165) is 4.90 Å². The molecule has 0 aromatic rings. The number of alkyl halides is 3. The smallest absolute Gasteiger partial charge is 0.400 e. The van der Waals surface area contributed by atoms with Crippen LogP contribution in [0.1, 0.15) is 34.1 Å². The van der Waals surface area contributed by atoms with E-state index in [1.165, 1.54) is 0 Å². The van der Waals surface area contributed by atoms with E-state index in [9.17, 15) is 18.0 Å². The molecule has 4 nitrogen and oxygen atoms in total. The van der Waals surface area contributed by atoms with Crippen LogP contribution in [0.2, 0.25) is 0 Å². The molecular weight excluding hydrogens is 286 g/mol. The third-order valence-electron chi connectivity index (χ3n) is 4.26. The van der Waals surface area contributed by atoms with Crippen molar-refractivity contribution in [2.24, 2.45) is 0 Å². The van der Waals surface area contributed by atoms with Crippen LogP contribution in [-0.4, -0.2) is 48.4 Å². The lowest BCUT2D eigenvalue weighted by atomic mass is 9.76. The van der Waals surface area contributed by atoms with E-state index in [1.54, 1.807) is 6.08 Å². The lowest BCUT2D eigenvalue weighted by Crippen LogP contribution is -2.46. The molecule has 0 unspecified atom stereocenters. The number of carbonyl (C=O) groups excluding carboxylic acids is 1. The molecular formula is C13H19BF3NO3. The number of nitrogens with zero attached hydrogens (tertiary/aromatic N) is 1. The molecule has 1 fully saturated rings. The topological polar surface area (TPSA) is 38.8 Å². The molecule has 2 rings (SSSR count). The van der Waals surface area contributed by atoms with Gasteiger partial charge < -0.3 is 14.2 Å². The van der Waals surface area contributed by atoms with Crippen LogP contribution >= 0.6 is 0 Å². The van der Waals surface area contributed by atoms with E-state index in [0.29, 0.717) is 11.9 Å². The zero-order valence-electron chi connectivity index (χ0n) is 12.6. The number of amides is 1. The van der Waals surface area contributed by atoms with Gasteiger partial charge in [0.2, 0.25) is 0 Å². The molecule has 1 saturated heterocycles. The van der Waals surface area contributed by atoms with Crippen molar-refractivity contribution in [3.05, 3.63) is 11.5 Å². The van der Waals surface area contributed by atoms with Gasteiger partial charge in [-0.15, -0.1) is 0 Å². The summed E-state index contributed by atoms with van der Waals surface area (Å²) in [7, 11) is -0.709. The second kappa shape index (κ2) is 5.02. The Bertz CT molecular complexity index is 458. The summed E-state index contributed by atoms with van der Waals surface area (Å²) in [4.78, 5) is 12.1. The second-order valence-electron chi connectivity index (χ2n) is 6.38. The number of halogens is 3. The highest BCUT2D eigenvalue weighted by Gasteiger charge is 2.53. The van der Waals surface area contributed by atoms with E-state index < -0.39 is 30.4 Å². The minimum absolute atomic E-state index is 0.0569. The van der Waals surface area contributed by atoms with Gasteiger partial charge in [0.1, 0.15) is 0 Å². The Morgan fingerprint density at radius 1 is 1.24 bits per heavy atom. The van der Waals surface area contributed by atoms with Crippen LogP contribution in [0.25, 0.3) is 0 Å². The van der Waals surface area contributed by atoms with Crippen LogP contribution in [0, 0.1) is 0 Å². The Labute approximate surface area is 122 Å². The van der Waals surface area contributed by atoms with Gasteiger partial charge in [-0.3, -0.25) is 4.79 Å². The van der Waals surface area contributed by atoms with Crippen molar-refractivity contribution >= 4 is 13.0 Å². The zero-order valence-corrected chi connectivity index (χ0v) is 12.6. The van der Waals surface area contributed by atoms with E-state index >= 15 is 0 Å². The van der Waals surface area contributed by atoms with Gasteiger partial charge in [0.15, 0.2) is 0 Å². The van der Waals surface area contributed by atoms with Crippen LogP contribution in [-0.2, 0) is 14.1 Å². The van der Waals surface area contributed by atoms with Crippen LogP contribution in [0.3, 0.4) is 0 Å². The number of hydrogen-bond acceptors (Lipinski definition) is 3. The molecule has 0 spiro atoms. The van der Waals surface area contributed by atoms with Crippen molar-refractivity contribution in [3.63, 3.8) is 0 Å². The largest absolute Gasteiger partial charge is 0.492 e. The van der Waals surface area contributed by atoms with E-state index in [4.69, 9.17) is 9.31 Å². The highest BCUT2D eigenvalue weighted by molar-refractivity contribution is 6.54. The van der Waals surface area contributed by atoms with Gasteiger partial charge in [-0.25, -0.2) is 0 Å². The van der Waals surface area contributed by atoms with Gasteiger partial charge in [0.25, 0.3) is 0 Å². The van der Waals surface area contributed by atoms with Crippen molar-refractivity contribution < 1.29 is 27.3 Å². The predicted octanol–water partition coefficient (Wildman–Crippen LogP) is 2.34. The van der Waals surface area contributed by atoms with Crippen molar-refractivity contribution in [1.82, 2.24) is 4.90 Å². The minimum Gasteiger partial charge on any atom is -0.400 e. The fourth-order valence-electron chi connectivity index (χ4n) is 2.29. The lowest BCUT2D eigenvalue weighted by molar-refractivity contribution is -0.185. The molecule has 0 saturated carbocycles. The van der Waals surface area contributed by atoms with Crippen molar-refractivity contribution in [2.75, 3.05) is 13.1 Å². The first kappa shape index (κ1) is 16.4. The van der Waals surface area contributed by atoms with Crippen molar-refractivity contribution in [3.8, 4) is 0 Å². The average Bonchev–Trinajstić information content (AvgIpc) is 2.57. The molecule has 2 heterocycles. The molecule has 0 aromatic carbocycles. The molecule has 0 aromatic heterocycles. The van der Waals surface area contributed by atoms with Gasteiger partial charge >= 0.3 is 19.2 Å². The molecule has 118 valence electrons. The average molecular weight is 305 g/mol. The maximum atomic E-state index is 12.5. The zero-order chi connectivity index (χ0) is 16.1. The monoisotopic (exact) mass is 305 g/mol. The van der Waals surface area contributed by atoms with Crippen LogP contribution in [0.4, 0.5) is 13.2 Å². The number of carbonyl (C=O) groups is 1. The van der Waals surface area contributed by atoms with Gasteiger partial charge in [-0.05, 0) is 39.6 Å². The molecule has 21 heavy (non-hydrogen) atoms. The highest BCUT2D eigenvalue weighted by Crippen LogP contribution is 2.39. The standard InChI is InChI=1S/C13H19BF3NO3/c1-11(2)12(3,4)21-14(20-11)9-6-5-7-18(8-9)10(19)13(15,16)17/h6H,5,7-8H2,1-4H3. The summed E-state index contributed by atoms with van der Waals surface area (Å²) in [5.41, 5.74) is -0.554. The van der Waals surface area contributed by atoms with Gasteiger partial charge in [0, 0.05) is 13.1 Å². The maximum absolute atomic E-state index is 12.5. The Balaban J connectivity index is 2.10. The van der Waals surface area contributed by atoms with E-state index in [-0.39, 0.29) is 13.1 Å². The summed E-state index contributed by atoms with van der Waals surface area (Å²) in [6, 6.07) is 0.